The summed E-state index contributed by atoms with van der Waals surface area (Å²) >= 11 is 0. The molecule has 2 aromatic rings. The van der Waals surface area contributed by atoms with E-state index in [1.54, 1.807) is 7.05 Å². The van der Waals surface area contributed by atoms with Crippen LogP contribution in [-0.2, 0) is 7.05 Å². The van der Waals surface area contributed by atoms with Crippen LogP contribution in [0.3, 0.4) is 0 Å². The molecule has 0 spiro atoms. The Balaban J connectivity index is 2.29. The first-order valence-corrected chi connectivity index (χ1v) is 5.89. The quantitative estimate of drug-likeness (QED) is 0.910. The van der Waals surface area contributed by atoms with Crippen molar-refractivity contribution in [3.8, 4) is 17.1 Å². The van der Waals surface area contributed by atoms with Gasteiger partial charge in [0, 0.05) is 12.6 Å². The lowest BCUT2D eigenvalue weighted by Gasteiger charge is -2.09. The summed E-state index contributed by atoms with van der Waals surface area (Å²) in [7, 11) is 1.66. The van der Waals surface area contributed by atoms with Crippen LogP contribution in [0.5, 0.6) is 5.75 Å². The molecule has 0 amide bonds. The first-order chi connectivity index (χ1) is 8.97. The van der Waals surface area contributed by atoms with E-state index in [2.05, 4.69) is 10.1 Å². The number of aryl methyl sites for hydroxylation is 1. The van der Waals surface area contributed by atoms with Crippen molar-refractivity contribution in [2.45, 2.75) is 20.0 Å². The number of rotatable bonds is 4. The molecule has 0 atom stereocenters. The molecule has 6 heteroatoms. The number of hydrogen-bond acceptors (Lipinski definition) is 4. The Labute approximate surface area is 110 Å². The van der Waals surface area contributed by atoms with E-state index in [1.165, 1.54) is 4.68 Å². The van der Waals surface area contributed by atoms with Crippen molar-refractivity contribution < 1.29 is 14.6 Å². The fourth-order valence-electron chi connectivity index (χ4n) is 1.68. The van der Waals surface area contributed by atoms with Crippen LogP contribution in [0.25, 0.3) is 11.4 Å². The molecule has 1 aromatic heterocycles. The monoisotopic (exact) mass is 261 g/mol. The molecule has 0 aliphatic carbocycles. The van der Waals surface area contributed by atoms with Crippen LogP contribution < -0.4 is 4.74 Å². The summed E-state index contributed by atoms with van der Waals surface area (Å²) in [6.07, 6.45) is 0.110. The van der Waals surface area contributed by atoms with E-state index in [1.807, 2.05) is 38.1 Å². The molecule has 2 rings (SSSR count). The maximum absolute atomic E-state index is 10.8. The van der Waals surface area contributed by atoms with Crippen LogP contribution in [0.1, 0.15) is 24.5 Å². The van der Waals surface area contributed by atoms with E-state index in [0.717, 1.165) is 11.3 Å². The average molecular weight is 261 g/mol. The van der Waals surface area contributed by atoms with Crippen LogP contribution in [-0.4, -0.2) is 31.9 Å². The van der Waals surface area contributed by atoms with Gasteiger partial charge in [0.05, 0.1) is 6.10 Å². The molecule has 0 radical (unpaired) electrons. The molecule has 0 saturated carbocycles. The third-order valence-corrected chi connectivity index (χ3v) is 2.44. The molecule has 19 heavy (non-hydrogen) atoms. The van der Waals surface area contributed by atoms with E-state index < -0.39 is 5.97 Å². The van der Waals surface area contributed by atoms with E-state index in [4.69, 9.17) is 9.84 Å². The average Bonchev–Trinajstić information content (AvgIpc) is 2.72. The van der Waals surface area contributed by atoms with Crippen LogP contribution in [0.4, 0.5) is 0 Å². The normalized spacial score (nSPS) is 10.7. The molecule has 0 aliphatic heterocycles. The Kier molecular flexibility index (Phi) is 3.50. The number of carboxylic acids is 1. The Hall–Kier alpha value is -2.37. The maximum atomic E-state index is 10.8. The molecule has 0 fully saturated rings. The summed E-state index contributed by atoms with van der Waals surface area (Å²) in [6.45, 7) is 3.91. The molecular weight excluding hydrogens is 246 g/mol. The molecule has 100 valence electrons. The van der Waals surface area contributed by atoms with Gasteiger partial charge in [0.25, 0.3) is 5.82 Å². The smallest absolute Gasteiger partial charge is 0.375 e. The number of hydrogen-bond donors (Lipinski definition) is 1. The van der Waals surface area contributed by atoms with Gasteiger partial charge in [-0.15, -0.1) is 5.10 Å². The van der Waals surface area contributed by atoms with Crippen molar-refractivity contribution >= 4 is 5.97 Å². The van der Waals surface area contributed by atoms with Crippen molar-refractivity contribution in [1.82, 2.24) is 14.8 Å². The Bertz CT molecular complexity index is 588. The molecule has 0 aliphatic rings. The van der Waals surface area contributed by atoms with Gasteiger partial charge >= 0.3 is 5.97 Å². The zero-order valence-electron chi connectivity index (χ0n) is 11.0. The van der Waals surface area contributed by atoms with Gasteiger partial charge < -0.3 is 9.84 Å². The summed E-state index contributed by atoms with van der Waals surface area (Å²) in [4.78, 5) is 14.8. The molecule has 6 nitrogen and oxygen atoms in total. The van der Waals surface area contributed by atoms with Gasteiger partial charge in [-0.2, -0.15) is 0 Å². The summed E-state index contributed by atoms with van der Waals surface area (Å²) in [5.74, 6) is -0.0745. The molecule has 0 unspecified atom stereocenters. The van der Waals surface area contributed by atoms with Crippen LogP contribution in [0.15, 0.2) is 24.3 Å². The number of carbonyl (C=O) groups is 1. The number of carboxylic acid groups (broad SMARTS) is 1. The largest absolute Gasteiger partial charge is 0.491 e. The van der Waals surface area contributed by atoms with Crippen molar-refractivity contribution in [3.05, 3.63) is 30.1 Å². The molecule has 0 saturated heterocycles. The number of aromatic nitrogens is 3. The lowest BCUT2D eigenvalue weighted by Crippen LogP contribution is -2.05. The minimum Gasteiger partial charge on any atom is -0.491 e. The predicted octanol–water partition coefficient (Wildman–Crippen LogP) is 1.97. The number of nitrogens with zero attached hydrogens (tertiary/aromatic N) is 3. The topological polar surface area (TPSA) is 77.2 Å². The molecule has 1 N–H and O–H groups in total. The fourth-order valence-corrected chi connectivity index (χ4v) is 1.68. The first-order valence-electron chi connectivity index (χ1n) is 5.89. The first kappa shape index (κ1) is 13.1. The Morgan fingerprint density at radius 1 is 1.32 bits per heavy atom. The van der Waals surface area contributed by atoms with Crippen molar-refractivity contribution in [3.63, 3.8) is 0 Å². The minimum absolute atomic E-state index is 0.110. The van der Waals surface area contributed by atoms with Crippen LogP contribution in [0.2, 0.25) is 0 Å². The van der Waals surface area contributed by atoms with Gasteiger partial charge in [0.15, 0.2) is 5.82 Å². The third-order valence-electron chi connectivity index (χ3n) is 2.44. The van der Waals surface area contributed by atoms with Gasteiger partial charge in [-0.1, -0.05) is 0 Å². The highest BCUT2D eigenvalue weighted by Gasteiger charge is 2.14. The Morgan fingerprint density at radius 2 is 1.95 bits per heavy atom. The maximum Gasteiger partial charge on any atom is 0.375 e. The van der Waals surface area contributed by atoms with Gasteiger partial charge in [0.2, 0.25) is 0 Å². The fraction of sp³-hybridized carbons (Fsp3) is 0.308. The molecule has 1 heterocycles. The van der Waals surface area contributed by atoms with Crippen molar-refractivity contribution in [2.75, 3.05) is 0 Å². The van der Waals surface area contributed by atoms with Gasteiger partial charge in [-0.05, 0) is 38.1 Å². The lowest BCUT2D eigenvalue weighted by molar-refractivity contribution is 0.0683. The Morgan fingerprint density at radius 3 is 2.42 bits per heavy atom. The summed E-state index contributed by atoms with van der Waals surface area (Å²) in [6, 6.07) is 7.30. The van der Waals surface area contributed by atoms with Crippen molar-refractivity contribution in [1.29, 1.82) is 0 Å². The van der Waals surface area contributed by atoms with Gasteiger partial charge in [0.1, 0.15) is 5.75 Å². The minimum atomic E-state index is -1.14. The summed E-state index contributed by atoms with van der Waals surface area (Å²) in [5, 5.41) is 12.7. The van der Waals surface area contributed by atoms with Crippen molar-refractivity contribution in [2.24, 2.45) is 7.05 Å². The predicted molar refractivity (Wildman–Crippen MR) is 69.2 cm³/mol. The standard InChI is InChI=1S/C13H15N3O3/c1-8(2)19-10-6-4-9(5-7-10)12-14-11(13(17)18)15-16(12)3/h4-8H,1-3H3,(H,17,18). The van der Waals surface area contributed by atoms with Crippen LogP contribution in [0, 0.1) is 0 Å². The second-order valence-corrected chi connectivity index (χ2v) is 4.38. The van der Waals surface area contributed by atoms with Crippen LogP contribution >= 0.6 is 0 Å². The number of ether oxygens (including phenoxy) is 1. The second kappa shape index (κ2) is 5.09. The zero-order chi connectivity index (χ0) is 14.0. The molecule has 1 aromatic carbocycles. The highest BCUT2D eigenvalue weighted by Crippen LogP contribution is 2.21. The highest BCUT2D eigenvalue weighted by atomic mass is 16.5. The van der Waals surface area contributed by atoms with E-state index in [0.29, 0.717) is 5.82 Å². The second-order valence-electron chi connectivity index (χ2n) is 4.38. The number of benzene rings is 1. The summed E-state index contributed by atoms with van der Waals surface area (Å²) in [5.41, 5.74) is 0.790. The van der Waals surface area contributed by atoms with Gasteiger partial charge in [-0.3, -0.25) is 0 Å². The van der Waals surface area contributed by atoms with E-state index >= 15 is 0 Å². The number of aromatic carboxylic acids is 1. The molecular formula is C13H15N3O3. The summed E-state index contributed by atoms with van der Waals surface area (Å²) < 4.78 is 6.99. The van der Waals surface area contributed by atoms with E-state index in [-0.39, 0.29) is 11.9 Å². The lowest BCUT2D eigenvalue weighted by atomic mass is 10.2. The zero-order valence-corrected chi connectivity index (χ0v) is 11.0. The van der Waals surface area contributed by atoms with Gasteiger partial charge in [-0.25, -0.2) is 14.5 Å². The van der Waals surface area contributed by atoms with E-state index in [9.17, 15) is 4.79 Å². The molecule has 0 bridgehead atoms. The third kappa shape index (κ3) is 2.90. The highest BCUT2D eigenvalue weighted by molar-refractivity contribution is 5.83. The SMILES string of the molecule is CC(C)Oc1ccc(-c2nc(C(=O)O)nn2C)cc1.